The number of thiophene rings is 1. The average molecular weight is 411 g/mol. The van der Waals surface area contributed by atoms with Gasteiger partial charge in [0.1, 0.15) is 0 Å². The molecule has 3 rings (SSSR count). The topological polar surface area (TPSA) is 78.7 Å². The molecule has 0 aliphatic carbocycles. The first-order chi connectivity index (χ1) is 12.5. The number of benzene rings is 1. The maximum absolute atomic E-state index is 12.1. The number of hydrogen-bond donors (Lipinski definition) is 1. The van der Waals surface area contributed by atoms with Gasteiger partial charge in [0.25, 0.3) is 11.6 Å². The smallest absolute Gasteiger partial charge is 0.271 e. The van der Waals surface area contributed by atoms with Gasteiger partial charge in [-0.1, -0.05) is 17.7 Å². The maximum Gasteiger partial charge on any atom is 0.271 e. The molecule has 0 radical (unpaired) electrons. The SMILES string of the molecule is O=C(NC(=S)N1CCN(c2ccc([N+](=O)[O-])cc2Cl)CC1)c1cccs1. The van der Waals surface area contributed by atoms with E-state index in [4.69, 9.17) is 23.8 Å². The number of thiocarbonyl (C=S) groups is 1. The van der Waals surface area contributed by atoms with Gasteiger partial charge in [-0.05, 0) is 29.7 Å². The molecule has 0 unspecified atom stereocenters. The highest BCUT2D eigenvalue weighted by molar-refractivity contribution is 7.80. The molecule has 1 aliphatic heterocycles. The summed E-state index contributed by atoms with van der Waals surface area (Å²) in [4.78, 5) is 27.0. The van der Waals surface area contributed by atoms with Gasteiger partial charge >= 0.3 is 0 Å². The van der Waals surface area contributed by atoms with Crippen molar-refractivity contribution in [2.24, 2.45) is 0 Å². The van der Waals surface area contributed by atoms with Gasteiger partial charge in [-0.15, -0.1) is 11.3 Å². The molecule has 1 amide bonds. The molecule has 1 saturated heterocycles. The van der Waals surface area contributed by atoms with Gasteiger partial charge in [-0.3, -0.25) is 20.2 Å². The van der Waals surface area contributed by atoms with E-state index in [1.54, 1.807) is 12.1 Å². The van der Waals surface area contributed by atoms with Crippen LogP contribution < -0.4 is 10.2 Å². The zero-order valence-electron chi connectivity index (χ0n) is 13.6. The van der Waals surface area contributed by atoms with E-state index in [0.29, 0.717) is 41.2 Å². The molecule has 7 nitrogen and oxygen atoms in total. The van der Waals surface area contributed by atoms with E-state index in [0.717, 1.165) is 5.69 Å². The highest BCUT2D eigenvalue weighted by atomic mass is 35.5. The van der Waals surface area contributed by atoms with E-state index in [1.165, 1.54) is 23.5 Å². The molecule has 0 bridgehead atoms. The van der Waals surface area contributed by atoms with Gasteiger partial charge in [0, 0.05) is 38.3 Å². The van der Waals surface area contributed by atoms with E-state index in [-0.39, 0.29) is 11.6 Å². The molecule has 136 valence electrons. The number of anilines is 1. The van der Waals surface area contributed by atoms with Crippen LogP contribution in [0.5, 0.6) is 0 Å². The number of carbonyl (C=O) groups is 1. The Morgan fingerprint density at radius 2 is 2.00 bits per heavy atom. The normalized spacial score (nSPS) is 14.2. The first-order valence-corrected chi connectivity index (χ1v) is 9.45. The Kier molecular flexibility index (Phi) is 5.70. The van der Waals surface area contributed by atoms with Crippen molar-refractivity contribution in [1.82, 2.24) is 10.2 Å². The summed E-state index contributed by atoms with van der Waals surface area (Å²) in [5.41, 5.74) is 0.723. The summed E-state index contributed by atoms with van der Waals surface area (Å²) in [7, 11) is 0. The minimum absolute atomic E-state index is 0.0325. The van der Waals surface area contributed by atoms with E-state index in [2.05, 4.69) is 5.32 Å². The van der Waals surface area contributed by atoms with Crippen LogP contribution in [0.25, 0.3) is 0 Å². The van der Waals surface area contributed by atoms with Crippen molar-refractivity contribution in [3.05, 3.63) is 55.7 Å². The van der Waals surface area contributed by atoms with Crippen LogP contribution in [0, 0.1) is 10.1 Å². The van der Waals surface area contributed by atoms with Crippen molar-refractivity contribution in [3.63, 3.8) is 0 Å². The van der Waals surface area contributed by atoms with Crippen molar-refractivity contribution >= 4 is 57.5 Å². The molecule has 1 aromatic carbocycles. The van der Waals surface area contributed by atoms with Crippen LogP contribution in [-0.4, -0.2) is 47.0 Å². The lowest BCUT2D eigenvalue weighted by atomic mass is 10.2. The second kappa shape index (κ2) is 7.98. The Hall–Kier alpha value is -2.23. The van der Waals surface area contributed by atoms with Gasteiger partial charge in [-0.2, -0.15) is 0 Å². The number of nitro groups is 1. The number of hydrogen-bond acceptors (Lipinski definition) is 6. The molecule has 26 heavy (non-hydrogen) atoms. The first kappa shape index (κ1) is 18.6. The van der Waals surface area contributed by atoms with Gasteiger partial charge in [-0.25, -0.2) is 0 Å². The summed E-state index contributed by atoms with van der Waals surface area (Å²) in [6.07, 6.45) is 0. The number of carbonyl (C=O) groups excluding carboxylic acids is 1. The Morgan fingerprint density at radius 1 is 1.27 bits per heavy atom. The number of nitrogens with one attached hydrogen (secondary N) is 1. The molecule has 1 N–H and O–H groups in total. The third-order valence-electron chi connectivity index (χ3n) is 4.02. The fourth-order valence-electron chi connectivity index (χ4n) is 2.66. The minimum Gasteiger partial charge on any atom is -0.367 e. The number of amides is 1. The summed E-state index contributed by atoms with van der Waals surface area (Å²) in [6.45, 7) is 2.53. The summed E-state index contributed by atoms with van der Waals surface area (Å²) >= 11 is 12.9. The summed E-state index contributed by atoms with van der Waals surface area (Å²) in [5, 5.41) is 16.1. The lowest BCUT2D eigenvalue weighted by molar-refractivity contribution is -0.384. The van der Waals surface area contributed by atoms with Crippen molar-refractivity contribution in [3.8, 4) is 0 Å². The molecule has 2 heterocycles. The molecular weight excluding hydrogens is 396 g/mol. The third kappa shape index (κ3) is 4.12. The second-order valence-electron chi connectivity index (χ2n) is 5.60. The highest BCUT2D eigenvalue weighted by Crippen LogP contribution is 2.30. The van der Waals surface area contributed by atoms with Crippen molar-refractivity contribution in [1.29, 1.82) is 0 Å². The lowest BCUT2D eigenvalue weighted by Crippen LogP contribution is -2.52. The van der Waals surface area contributed by atoms with Crippen molar-refractivity contribution in [2.45, 2.75) is 0 Å². The summed E-state index contributed by atoms with van der Waals surface area (Å²) < 4.78 is 0. The quantitative estimate of drug-likeness (QED) is 0.475. The maximum atomic E-state index is 12.1. The zero-order chi connectivity index (χ0) is 18.7. The standard InChI is InChI=1S/C16H15ClN4O3S2/c17-12-10-11(21(23)24)3-4-13(12)19-5-7-20(8-6-19)16(25)18-15(22)14-2-1-9-26-14/h1-4,9-10H,5-8H2,(H,18,22,25). The van der Waals surface area contributed by atoms with Crippen LogP contribution in [0.15, 0.2) is 35.7 Å². The van der Waals surface area contributed by atoms with Gasteiger partial charge in [0.05, 0.1) is 20.5 Å². The van der Waals surface area contributed by atoms with Crippen molar-refractivity contribution < 1.29 is 9.72 Å². The van der Waals surface area contributed by atoms with Crippen LogP contribution in [0.2, 0.25) is 5.02 Å². The summed E-state index contributed by atoms with van der Waals surface area (Å²) in [5.74, 6) is -0.203. The van der Waals surface area contributed by atoms with E-state index in [1.807, 2.05) is 21.2 Å². The van der Waals surface area contributed by atoms with Crippen LogP contribution in [-0.2, 0) is 0 Å². The molecule has 1 fully saturated rings. The Bertz CT molecular complexity index is 836. The highest BCUT2D eigenvalue weighted by Gasteiger charge is 2.23. The number of piperazine rings is 1. The van der Waals surface area contributed by atoms with Crippen LogP contribution in [0.4, 0.5) is 11.4 Å². The van der Waals surface area contributed by atoms with Gasteiger partial charge < -0.3 is 9.80 Å². The number of halogens is 1. The molecule has 2 aromatic rings. The van der Waals surface area contributed by atoms with Crippen molar-refractivity contribution in [2.75, 3.05) is 31.1 Å². The Morgan fingerprint density at radius 3 is 2.58 bits per heavy atom. The van der Waals surface area contributed by atoms with Gasteiger partial charge in [0.15, 0.2) is 5.11 Å². The lowest BCUT2D eigenvalue weighted by Gasteiger charge is -2.37. The Labute approximate surface area is 164 Å². The molecule has 0 spiro atoms. The average Bonchev–Trinajstić information content (AvgIpc) is 3.16. The predicted molar refractivity (Wildman–Crippen MR) is 106 cm³/mol. The number of non-ortho nitro benzene ring substituents is 1. The predicted octanol–water partition coefficient (Wildman–Crippen LogP) is 3.15. The number of rotatable bonds is 3. The van der Waals surface area contributed by atoms with E-state index in [9.17, 15) is 14.9 Å². The number of nitrogens with zero attached hydrogens (tertiary/aromatic N) is 3. The summed E-state index contributed by atoms with van der Waals surface area (Å²) in [6, 6.07) is 8.02. The molecule has 1 aromatic heterocycles. The number of nitro benzene ring substituents is 1. The monoisotopic (exact) mass is 410 g/mol. The van der Waals surface area contributed by atoms with Crippen LogP contribution in [0.1, 0.15) is 9.67 Å². The van der Waals surface area contributed by atoms with E-state index >= 15 is 0 Å². The molecule has 0 saturated carbocycles. The fraction of sp³-hybridized carbons (Fsp3) is 0.250. The molecule has 1 aliphatic rings. The Balaban J connectivity index is 1.58. The van der Waals surface area contributed by atoms with Crippen LogP contribution in [0.3, 0.4) is 0 Å². The second-order valence-corrected chi connectivity index (χ2v) is 7.35. The zero-order valence-corrected chi connectivity index (χ0v) is 15.9. The van der Waals surface area contributed by atoms with Crippen LogP contribution >= 0.6 is 35.2 Å². The largest absolute Gasteiger partial charge is 0.367 e. The van der Waals surface area contributed by atoms with E-state index < -0.39 is 4.92 Å². The molecular formula is C16H15ClN4O3S2. The molecule has 10 heteroatoms. The van der Waals surface area contributed by atoms with Gasteiger partial charge in [0.2, 0.25) is 0 Å². The fourth-order valence-corrected chi connectivity index (χ4v) is 3.85. The first-order valence-electron chi connectivity index (χ1n) is 7.78. The third-order valence-corrected chi connectivity index (χ3v) is 5.55. The molecule has 0 atom stereocenters. The minimum atomic E-state index is -0.470.